The van der Waals surface area contributed by atoms with Crippen LogP contribution in [0.1, 0.15) is 24.3 Å². The summed E-state index contributed by atoms with van der Waals surface area (Å²) in [7, 11) is 0. The average Bonchev–Trinajstić information content (AvgIpc) is 2.77. The zero-order valence-electron chi connectivity index (χ0n) is 9.99. The van der Waals surface area contributed by atoms with Crippen LogP contribution >= 0.6 is 12.8 Å². The Labute approximate surface area is 111 Å². The number of benzene rings is 1. The highest BCUT2D eigenvalue weighted by Crippen LogP contribution is 2.34. The van der Waals surface area contributed by atoms with Crippen molar-refractivity contribution in [2.24, 2.45) is 5.29 Å². The second-order valence-corrected chi connectivity index (χ2v) is 5.19. The van der Waals surface area contributed by atoms with Crippen molar-refractivity contribution in [3.8, 4) is 0 Å². The maximum atomic E-state index is 10.5. The Hall–Kier alpha value is -1.49. The van der Waals surface area contributed by atoms with Gasteiger partial charge in [-0.1, -0.05) is 31.0 Å². The van der Waals surface area contributed by atoms with Crippen LogP contribution in [0.4, 0.5) is 0 Å². The van der Waals surface area contributed by atoms with E-state index in [0.29, 0.717) is 5.92 Å². The Morgan fingerprint density at radius 3 is 2.67 bits per heavy atom. The van der Waals surface area contributed by atoms with E-state index in [0.717, 1.165) is 31.4 Å². The van der Waals surface area contributed by atoms with Crippen molar-refractivity contribution in [3.63, 3.8) is 0 Å². The molecule has 2 heterocycles. The smallest absolute Gasteiger partial charge is 0.0591 e. The first-order valence-corrected chi connectivity index (χ1v) is 6.57. The Balaban J connectivity index is 1.93. The Morgan fingerprint density at radius 1 is 1.22 bits per heavy atom. The highest BCUT2D eigenvalue weighted by Gasteiger charge is 2.23. The van der Waals surface area contributed by atoms with Crippen molar-refractivity contribution >= 4 is 23.7 Å². The molecular weight excluding hydrogens is 246 g/mol. The van der Waals surface area contributed by atoms with Crippen molar-refractivity contribution in [1.29, 1.82) is 0 Å². The van der Waals surface area contributed by atoms with Crippen LogP contribution in [0.15, 0.2) is 35.7 Å². The van der Waals surface area contributed by atoms with Gasteiger partial charge in [-0.05, 0) is 30.4 Å². The van der Waals surface area contributed by atoms with Crippen LogP contribution in [-0.4, -0.2) is 22.1 Å². The Morgan fingerprint density at radius 2 is 1.94 bits per heavy atom. The number of hydrogen-bond donors (Lipinski definition) is 1. The number of fused-ring (bicyclic) bond motifs is 1. The van der Waals surface area contributed by atoms with E-state index in [1.165, 1.54) is 10.9 Å². The monoisotopic (exact) mass is 261 g/mol. The number of piperidine rings is 1. The molecular formula is C13H15N3OS. The normalized spacial score (nSPS) is 17.3. The van der Waals surface area contributed by atoms with E-state index in [1.54, 1.807) is 5.01 Å². The number of nitrogens with zero attached hydrogens (tertiary/aromatic N) is 3. The van der Waals surface area contributed by atoms with Crippen LogP contribution in [-0.2, 0) is 0 Å². The Kier molecular flexibility index (Phi) is 2.99. The molecule has 0 atom stereocenters. The summed E-state index contributed by atoms with van der Waals surface area (Å²) in [5.41, 5.74) is 2.48. The first-order valence-electron chi connectivity index (χ1n) is 6.17. The molecule has 1 aliphatic heterocycles. The summed E-state index contributed by atoms with van der Waals surface area (Å²) in [5, 5.41) is 5.88. The van der Waals surface area contributed by atoms with Gasteiger partial charge in [-0.15, -0.1) is 4.91 Å². The predicted molar refractivity (Wildman–Crippen MR) is 75.7 cm³/mol. The minimum Gasteiger partial charge on any atom is -0.294 e. The minimum atomic E-state index is 0.501. The van der Waals surface area contributed by atoms with Gasteiger partial charge in [0.1, 0.15) is 0 Å². The van der Waals surface area contributed by atoms with Gasteiger partial charge >= 0.3 is 0 Å². The lowest BCUT2D eigenvalue weighted by Gasteiger charge is -2.27. The van der Waals surface area contributed by atoms with Gasteiger partial charge in [0.05, 0.1) is 10.8 Å². The second-order valence-electron chi connectivity index (χ2n) is 4.76. The second kappa shape index (κ2) is 4.65. The SMILES string of the molecule is O=NN1CCC(c2cn(S)c3ccccc23)CC1. The number of para-hydroxylation sites is 1. The van der Waals surface area contributed by atoms with E-state index < -0.39 is 0 Å². The third kappa shape index (κ3) is 1.88. The van der Waals surface area contributed by atoms with E-state index >= 15 is 0 Å². The number of hydrogen-bond acceptors (Lipinski definition) is 3. The topological polar surface area (TPSA) is 37.6 Å². The highest BCUT2D eigenvalue weighted by molar-refractivity contribution is 7.78. The van der Waals surface area contributed by atoms with Crippen molar-refractivity contribution in [3.05, 3.63) is 40.9 Å². The minimum absolute atomic E-state index is 0.501. The molecule has 1 saturated heterocycles. The fourth-order valence-corrected chi connectivity index (χ4v) is 3.07. The van der Waals surface area contributed by atoms with Gasteiger partial charge in [0, 0.05) is 24.7 Å². The highest BCUT2D eigenvalue weighted by atomic mass is 32.1. The molecule has 5 heteroatoms. The van der Waals surface area contributed by atoms with Gasteiger partial charge in [-0.3, -0.25) is 8.98 Å². The first kappa shape index (κ1) is 11.6. The van der Waals surface area contributed by atoms with Crippen molar-refractivity contribution in [1.82, 2.24) is 8.98 Å². The van der Waals surface area contributed by atoms with Gasteiger partial charge in [-0.25, -0.2) is 0 Å². The fraction of sp³-hybridized carbons (Fsp3) is 0.385. The first-order chi connectivity index (χ1) is 8.79. The van der Waals surface area contributed by atoms with Gasteiger partial charge in [0.25, 0.3) is 0 Å². The molecule has 0 bridgehead atoms. The van der Waals surface area contributed by atoms with E-state index in [2.05, 4.69) is 42.5 Å². The summed E-state index contributed by atoms with van der Waals surface area (Å²) in [6.45, 7) is 1.50. The lowest BCUT2D eigenvalue weighted by atomic mass is 9.90. The molecule has 0 saturated carbocycles. The van der Waals surface area contributed by atoms with Crippen LogP contribution in [0.5, 0.6) is 0 Å². The number of thiol groups is 1. The molecule has 0 N–H and O–H groups in total. The summed E-state index contributed by atoms with van der Waals surface area (Å²) in [4.78, 5) is 10.5. The van der Waals surface area contributed by atoms with E-state index in [1.807, 2.05) is 10.0 Å². The fourth-order valence-electron chi connectivity index (χ4n) is 2.77. The molecule has 2 aromatic rings. The molecule has 0 spiro atoms. The molecule has 18 heavy (non-hydrogen) atoms. The molecule has 0 aliphatic carbocycles. The zero-order valence-corrected chi connectivity index (χ0v) is 10.9. The van der Waals surface area contributed by atoms with Crippen LogP contribution in [0.25, 0.3) is 10.9 Å². The molecule has 1 aromatic heterocycles. The summed E-state index contributed by atoms with van der Waals surface area (Å²) in [6.07, 6.45) is 4.06. The lowest BCUT2D eigenvalue weighted by Crippen LogP contribution is -2.28. The third-order valence-corrected chi connectivity index (χ3v) is 4.08. The molecule has 1 fully saturated rings. The van der Waals surface area contributed by atoms with E-state index in [-0.39, 0.29) is 0 Å². The number of aromatic nitrogens is 1. The molecule has 0 radical (unpaired) electrons. The van der Waals surface area contributed by atoms with Gasteiger partial charge < -0.3 is 0 Å². The molecule has 0 amide bonds. The molecule has 94 valence electrons. The molecule has 4 nitrogen and oxygen atoms in total. The van der Waals surface area contributed by atoms with Gasteiger partial charge in [0.2, 0.25) is 0 Å². The van der Waals surface area contributed by atoms with Crippen LogP contribution in [0, 0.1) is 4.91 Å². The summed E-state index contributed by atoms with van der Waals surface area (Å²) < 4.78 is 1.88. The summed E-state index contributed by atoms with van der Waals surface area (Å²) in [6, 6.07) is 8.30. The number of rotatable bonds is 2. The van der Waals surface area contributed by atoms with Gasteiger partial charge in [0.15, 0.2) is 0 Å². The van der Waals surface area contributed by atoms with E-state index in [9.17, 15) is 4.91 Å². The molecule has 0 unspecified atom stereocenters. The van der Waals surface area contributed by atoms with Gasteiger partial charge in [-0.2, -0.15) is 0 Å². The quantitative estimate of drug-likeness (QED) is 0.666. The van der Waals surface area contributed by atoms with E-state index in [4.69, 9.17) is 0 Å². The van der Waals surface area contributed by atoms with Crippen LogP contribution in [0.2, 0.25) is 0 Å². The maximum Gasteiger partial charge on any atom is 0.0591 e. The molecule has 1 aliphatic rings. The zero-order chi connectivity index (χ0) is 12.5. The molecule has 3 rings (SSSR count). The van der Waals surface area contributed by atoms with Crippen molar-refractivity contribution in [2.45, 2.75) is 18.8 Å². The van der Waals surface area contributed by atoms with Crippen LogP contribution < -0.4 is 0 Å². The van der Waals surface area contributed by atoms with Crippen molar-refractivity contribution < 1.29 is 0 Å². The summed E-state index contributed by atoms with van der Waals surface area (Å²) in [5.74, 6) is 0.501. The average molecular weight is 261 g/mol. The molecule has 1 aromatic carbocycles. The summed E-state index contributed by atoms with van der Waals surface area (Å²) >= 11 is 4.46. The predicted octanol–water partition coefficient (Wildman–Crippen LogP) is 3.20. The number of nitroso groups, excluding NO2 is 1. The standard InChI is InChI=1S/C13H15N3OS/c17-14-15-7-5-10(6-8-15)12-9-16(18)13-4-2-1-3-11(12)13/h1-4,9-10,18H,5-8H2. The third-order valence-electron chi connectivity index (χ3n) is 3.75. The maximum absolute atomic E-state index is 10.5. The van der Waals surface area contributed by atoms with Crippen molar-refractivity contribution in [2.75, 3.05) is 13.1 Å². The Bertz CT molecular complexity index is 573. The largest absolute Gasteiger partial charge is 0.294 e. The lowest BCUT2D eigenvalue weighted by molar-refractivity contribution is 0.218. The van der Waals surface area contributed by atoms with Crippen LogP contribution in [0.3, 0.4) is 0 Å².